The number of hydrogen-bond donors (Lipinski definition) is 3. The third kappa shape index (κ3) is 4.79. The number of nitrogen functional groups attached to an aromatic ring is 1. The molecule has 0 aromatic carbocycles. The molecule has 0 spiro atoms. The van der Waals surface area contributed by atoms with Gasteiger partial charge in [-0.1, -0.05) is 38.5 Å². The summed E-state index contributed by atoms with van der Waals surface area (Å²) in [5, 5.41) is 2.94. The Balaban J connectivity index is 1.54. The first kappa shape index (κ1) is 19.6. The Bertz CT molecular complexity index is 702. The van der Waals surface area contributed by atoms with Gasteiger partial charge in [-0.2, -0.15) is 0 Å². The van der Waals surface area contributed by atoms with Crippen molar-refractivity contribution in [1.29, 1.82) is 0 Å². The molecule has 1 heterocycles. The van der Waals surface area contributed by atoms with Crippen LogP contribution in [0.2, 0.25) is 0 Å². The van der Waals surface area contributed by atoms with Gasteiger partial charge in [0.15, 0.2) is 0 Å². The fourth-order valence-corrected chi connectivity index (χ4v) is 5.19. The third-order valence-electron chi connectivity index (χ3n) is 6.54. The van der Waals surface area contributed by atoms with Gasteiger partial charge in [0.25, 0.3) is 0 Å². The van der Waals surface area contributed by atoms with Crippen molar-refractivity contribution in [3.8, 4) is 0 Å². The second-order valence-electron chi connectivity index (χ2n) is 8.24. The number of rotatable bonds is 6. The maximum absolute atomic E-state index is 12.4. The lowest BCUT2D eigenvalue weighted by Crippen LogP contribution is -2.32. The van der Waals surface area contributed by atoms with Crippen LogP contribution in [-0.2, 0) is 11.3 Å². The average Bonchev–Trinajstić information content (AvgIpc) is 2.65. The van der Waals surface area contributed by atoms with E-state index in [-0.39, 0.29) is 18.3 Å². The fraction of sp³-hybridized carbons (Fsp3) is 0.667. The Kier molecular flexibility index (Phi) is 6.34. The number of aromatic nitrogens is 1. The van der Waals surface area contributed by atoms with Gasteiger partial charge in [0.2, 0.25) is 11.8 Å². The predicted octanol–water partition coefficient (Wildman–Crippen LogP) is 3.07. The molecular weight excluding hydrogens is 340 g/mol. The van der Waals surface area contributed by atoms with E-state index < -0.39 is 5.91 Å². The van der Waals surface area contributed by atoms with E-state index in [2.05, 4.69) is 10.3 Å². The zero-order chi connectivity index (χ0) is 19.4. The van der Waals surface area contributed by atoms with Crippen LogP contribution in [0.4, 0.5) is 5.82 Å². The lowest BCUT2D eigenvalue weighted by molar-refractivity contribution is -0.121. The van der Waals surface area contributed by atoms with Crippen LogP contribution in [-0.4, -0.2) is 16.8 Å². The van der Waals surface area contributed by atoms with Crippen LogP contribution < -0.4 is 16.8 Å². The third-order valence-corrected chi connectivity index (χ3v) is 6.54. The molecule has 6 nitrogen and oxygen atoms in total. The summed E-state index contributed by atoms with van der Waals surface area (Å²) in [6.07, 6.45) is 10.9. The number of carbonyl (C=O) groups is 2. The molecule has 5 N–H and O–H groups in total. The highest BCUT2D eigenvalue weighted by Crippen LogP contribution is 2.45. The summed E-state index contributed by atoms with van der Waals surface area (Å²) in [6.45, 7) is 2.03. The number of hydrogen-bond acceptors (Lipinski definition) is 4. The molecule has 1 aromatic rings. The van der Waals surface area contributed by atoms with Crippen molar-refractivity contribution in [2.45, 2.75) is 71.3 Å². The standard InChI is InChI=1S/C21H32N4O2/c1-13-18(17(21(23)27)11-19(22)25-13)12-24-20(26)10-9-15-7-4-6-14-5-2-3-8-16(14)15/h11,14-16H,2-10,12H2,1H3,(H2,22,25)(H2,23,27)(H,24,26)/t14?,15?,16-/m1/s1. The zero-order valence-corrected chi connectivity index (χ0v) is 16.3. The smallest absolute Gasteiger partial charge is 0.249 e. The van der Waals surface area contributed by atoms with Gasteiger partial charge in [-0.05, 0) is 43.6 Å². The number of nitrogens with one attached hydrogen (secondary N) is 1. The molecule has 2 aliphatic carbocycles. The van der Waals surface area contributed by atoms with Crippen LogP contribution in [0.1, 0.15) is 79.4 Å². The van der Waals surface area contributed by atoms with Crippen molar-refractivity contribution < 1.29 is 9.59 Å². The molecule has 2 amide bonds. The Labute approximate surface area is 161 Å². The average molecular weight is 373 g/mol. The molecule has 27 heavy (non-hydrogen) atoms. The minimum Gasteiger partial charge on any atom is -0.384 e. The van der Waals surface area contributed by atoms with Crippen LogP contribution in [0.25, 0.3) is 0 Å². The highest BCUT2D eigenvalue weighted by Gasteiger charge is 2.34. The molecule has 3 rings (SSSR count). The van der Waals surface area contributed by atoms with E-state index in [0.29, 0.717) is 29.2 Å². The number of nitrogens with two attached hydrogens (primary N) is 2. The lowest BCUT2D eigenvalue weighted by atomic mass is 9.64. The highest BCUT2D eigenvalue weighted by molar-refractivity contribution is 5.95. The number of amides is 2. The summed E-state index contributed by atoms with van der Waals surface area (Å²) < 4.78 is 0. The Morgan fingerprint density at radius 1 is 1.19 bits per heavy atom. The van der Waals surface area contributed by atoms with Crippen LogP contribution in [0.3, 0.4) is 0 Å². The summed E-state index contributed by atoms with van der Waals surface area (Å²) in [5.74, 6) is 2.14. The summed E-state index contributed by atoms with van der Waals surface area (Å²) >= 11 is 0. The Hall–Kier alpha value is -2.11. The molecule has 2 unspecified atom stereocenters. The van der Waals surface area contributed by atoms with Crippen molar-refractivity contribution in [1.82, 2.24) is 10.3 Å². The number of aryl methyl sites for hydroxylation is 1. The molecule has 148 valence electrons. The fourth-order valence-electron chi connectivity index (χ4n) is 5.19. The summed E-state index contributed by atoms with van der Waals surface area (Å²) in [5.41, 5.74) is 12.7. The number of nitrogens with zero attached hydrogens (tertiary/aromatic N) is 1. The van der Waals surface area contributed by atoms with Crippen LogP contribution in [0.5, 0.6) is 0 Å². The van der Waals surface area contributed by atoms with E-state index in [1.54, 1.807) is 6.92 Å². The second kappa shape index (κ2) is 8.72. The first-order chi connectivity index (χ1) is 13.0. The minimum absolute atomic E-state index is 0.0274. The largest absolute Gasteiger partial charge is 0.384 e. The van der Waals surface area contributed by atoms with Crippen LogP contribution >= 0.6 is 0 Å². The first-order valence-corrected chi connectivity index (χ1v) is 10.3. The minimum atomic E-state index is -0.554. The van der Waals surface area contributed by atoms with Gasteiger partial charge in [0.05, 0.1) is 0 Å². The normalized spacial score (nSPS) is 24.9. The van der Waals surface area contributed by atoms with Crippen molar-refractivity contribution >= 4 is 17.6 Å². The summed E-state index contributed by atoms with van der Waals surface area (Å²) in [4.78, 5) is 28.2. The summed E-state index contributed by atoms with van der Waals surface area (Å²) in [7, 11) is 0. The van der Waals surface area contributed by atoms with E-state index in [9.17, 15) is 9.59 Å². The van der Waals surface area contributed by atoms with Crippen molar-refractivity contribution in [2.75, 3.05) is 5.73 Å². The highest BCUT2D eigenvalue weighted by atomic mass is 16.2. The van der Waals surface area contributed by atoms with Gasteiger partial charge in [-0.15, -0.1) is 0 Å². The molecule has 0 radical (unpaired) electrons. The van der Waals surface area contributed by atoms with Gasteiger partial charge >= 0.3 is 0 Å². The molecule has 0 aliphatic heterocycles. The molecule has 1 aromatic heterocycles. The van der Waals surface area contributed by atoms with E-state index in [0.717, 1.165) is 18.3 Å². The predicted molar refractivity (Wildman–Crippen MR) is 106 cm³/mol. The monoisotopic (exact) mass is 372 g/mol. The van der Waals surface area contributed by atoms with Crippen LogP contribution in [0, 0.1) is 24.7 Å². The molecular formula is C21H32N4O2. The Morgan fingerprint density at radius 2 is 1.93 bits per heavy atom. The second-order valence-corrected chi connectivity index (χ2v) is 8.24. The topological polar surface area (TPSA) is 111 Å². The van der Waals surface area contributed by atoms with Gasteiger partial charge in [0.1, 0.15) is 5.82 Å². The molecule has 2 fully saturated rings. The first-order valence-electron chi connectivity index (χ1n) is 10.3. The van der Waals surface area contributed by atoms with E-state index in [1.165, 1.54) is 51.0 Å². The van der Waals surface area contributed by atoms with Crippen molar-refractivity contribution in [2.24, 2.45) is 23.5 Å². The summed E-state index contributed by atoms with van der Waals surface area (Å²) in [6, 6.07) is 1.47. The van der Waals surface area contributed by atoms with Crippen molar-refractivity contribution in [3.05, 3.63) is 22.9 Å². The maximum Gasteiger partial charge on any atom is 0.249 e. The SMILES string of the molecule is Cc1nc(N)cc(C(N)=O)c1CNC(=O)CCC1CCCC2CCCC[C@H]21. The van der Waals surface area contributed by atoms with E-state index >= 15 is 0 Å². The van der Waals surface area contributed by atoms with Crippen molar-refractivity contribution in [3.63, 3.8) is 0 Å². The van der Waals surface area contributed by atoms with E-state index in [4.69, 9.17) is 11.5 Å². The number of fused-ring (bicyclic) bond motifs is 1. The van der Waals surface area contributed by atoms with Crippen LogP contribution in [0.15, 0.2) is 6.07 Å². The van der Waals surface area contributed by atoms with Gasteiger partial charge < -0.3 is 16.8 Å². The molecule has 3 atom stereocenters. The van der Waals surface area contributed by atoms with Gasteiger partial charge in [-0.3, -0.25) is 9.59 Å². The number of primary amides is 1. The quantitative estimate of drug-likeness (QED) is 0.712. The number of pyridine rings is 1. The zero-order valence-electron chi connectivity index (χ0n) is 16.3. The maximum atomic E-state index is 12.4. The molecule has 0 bridgehead atoms. The molecule has 2 saturated carbocycles. The lowest BCUT2D eigenvalue weighted by Gasteiger charge is -2.41. The number of carbonyl (C=O) groups excluding carboxylic acids is 2. The Morgan fingerprint density at radius 3 is 2.70 bits per heavy atom. The number of anilines is 1. The van der Waals surface area contributed by atoms with Gasteiger partial charge in [0, 0.05) is 29.8 Å². The molecule has 6 heteroatoms. The van der Waals surface area contributed by atoms with E-state index in [1.807, 2.05) is 0 Å². The molecule has 2 aliphatic rings. The molecule has 0 saturated heterocycles. The van der Waals surface area contributed by atoms with Gasteiger partial charge in [-0.25, -0.2) is 4.98 Å².